The van der Waals surface area contributed by atoms with E-state index >= 15 is 0 Å². The fourth-order valence-corrected chi connectivity index (χ4v) is 3.90. The lowest BCUT2D eigenvalue weighted by Crippen LogP contribution is -2.39. The zero-order valence-corrected chi connectivity index (χ0v) is 13.0. The summed E-state index contributed by atoms with van der Waals surface area (Å²) < 4.78 is 37.5. The monoisotopic (exact) mass is 306 g/mol. The molecule has 0 heterocycles. The minimum Gasteiger partial charge on any atom is -0.166 e. The van der Waals surface area contributed by atoms with Gasteiger partial charge in [-0.15, -0.1) is 0 Å². The summed E-state index contributed by atoms with van der Waals surface area (Å²) in [5.74, 6) is 0. The largest absolute Gasteiger partial charge is 0.416 e. The molecule has 0 aliphatic heterocycles. The van der Waals surface area contributed by atoms with Gasteiger partial charge < -0.3 is 0 Å². The Morgan fingerprint density at radius 1 is 0.857 bits per heavy atom. The van der Waals surface area contributed by atoms with Gasteiger partial charge in [-0.25, -0.2) is 0 Å². The van der Waals surface area contributed by atoms with Crippen LogP contribution < -0.4 is 5.19 Å². The van der Waals surface area contributed by atoms with Gasteiger partial charge in [0.05, 0.1) is 5.56 Å². The Hall–Kier alpha value is -1.81. The fourth-order valence-electron chi connectivity index (χ4n) is 2.05. The van der Waals surface area contributed by atoms with Crippen molar-refractivity contribution in [3.05, 3.63) is 71.4 Å². The molecular formula is C17H17F3Si. The molecule has 2 aromatic carbocycles. The van der Waals surface area contributed by atoms with E-state index in [0.29, 0.717) is 0 Å². The van der Waals surface area contributed by atoms with Crippen LogP contribution in [0, 0.1) is 0 Å². The lowest BCUT2D eigenvalue weighted by Gasteiger charge is -2.18. The maximum atomic E-state index is 12.5. The van der Waals surface area contributed by atoms with E-state index in [1.54, 1.807) is 0 Å². The van der Waals surface area contributed by atoms with Crippen molar-refractivity contribution in [3.8, 4) is 0 Å². The first-order valence-electron chi connectivity index (χ1n) is 6.71. The smallest absolute Gasteiger partial charge is 0.166 e. The van der Waals surface area contributed by atoms with E-state index in [0.717, 1.165) is 17.7 Å². The molecule has 2 rings (SSSR count). The lowest BCUT2D eigenvalue weighted by atomic mass is 10.1. The van der Waals surface area contributed by atoms with Crippen molar-refractivity contribution >= 4 is 19.3 Å². The number of alkyl halides is 3. The van der Waals surface area contributed by atoms with E-state index in [-0.39, 0.29) is 0 Å². The van der Waals surface area contributed by atoms with Crippen LogP contribution in [0.4, 0.5) is 13.2 Å². The van der Waals surface area contributed by atoms with Crippen LogP contribution in [0.25, 0.3) is 6.08 Å². The number of hydrogen-bond acceptors (Lipinski definition) is 0. The highest BCUT2D eigenvalue weighted by molar-refractivity contribution is 6.94. The molecule has 110 valence electrons. The van der Waals surface area contributed by atoms with E-state index in [4.69, 9.17) is 0 Å². The van der Waals surface area contributed by atoms with E-state index < -0.39 is 19.8 Å². The van der Waals surface area contributed by atoms with Crippen molar-refractivity contribution in [3.63, 3.8) is 0 Å². The molecule has 0 saturated heterocycles. The summed E-state index contributed by atoms with van der Waals surface area (Å²) in [4.78, 5) is 0. The number of hydrogen-bond donors (Lipinski definition) is 0. The highest BCUT2D eigenvalue weighted by Crippen LogP contribution is 2.29. The molecule has 0 bridgehead atoms. The Balaban J connectivity index is 2.18. The van der Waals surface area contributed by atoms with Crippen molar-refractivity contribution < 1.29 is 13.2 Å². The van der Waals surface area contributed by atoms with Crippen molar-refractivity contribution in [1.82, 2.24) is 0 Å². The standard InChI is InChI=1S/C17H17F3Si/c1-21(2,16-6-4-3-5-7-16)13-12-14-8-10-15(11-9-14)17(18,19)20/h3-13H,1-2H3/b13-12-. The summed E-state index contributed by atoms with van der Waals surface area (Å²) >= 11 is 0. The van der Waals surface area contributed by atoms with Crippen LogP contribution in [0.3, 0.4) is 0 Å². The molecule has 0 nitrogen and oxygen atoms in total. The van der Waals surface area contributed by atoms with Gasteiger partial charge in [-0.2, -0.15) is 13.2 Å². The topological polar surface area (TPSA) is 0 Å². The second-order valence-corrected chi connectivity index (χ2v) is 9.89. The van der Waals surface area contributed by atoms with Crippen molar-refractivity contribution in [1.29, 1.82) is 0 Å². The maximum Gasteiger partial charge on any atom is 0.416 e. The molecule has 0 saturated carbocycles. The first kappa shape index (κ1) is 15.6. The van der Waals surface area contributed by atoms with Gasteiger partial charge in [-0.05, 0) is 17.7 Å². The van der Waals surface area contributed by atoms with Crippen molar-refractivity contribution in [2.75, 3.05) is 0 Å². The molecular weight excluding hydrogens is 289 g/mol. The summed E-state index contributed by atoms with van der Waals surface area (Å²) in [6.45, 7) is 4.42. The van der Waals surface area contributed by atoms with Gasteiger partial charge >= 0.3 is 6.18 Å². The van der Waals surface area contributed by atoms with Crippen molar-refractivity contribution in [2.45, 2.75) is 19.3 Å². The summed E-state index contributed by atoms with van der Waals surface area (Å²) in [5.41, 5.74) is 2.32. The van der Waals surface area contributed by atoms with Crippen LogP contribution in [0.1, 0.15) is 11.1 Å². The van der Waals surface area contributed by atoms with Gasteiger partial charge in [-0.1, -0.05) is 72.5 Å². The van der Waals surface area contributed by atoms with Crippen LogP contribution in [-0.2, 0) is 6.18 Å². The molecule has 0 aromatic heterocycles. The predicted octanol–water partition coefficient (Wildman–Crippen LogP) is 4.87. The maximum absolute atomic E-state index is 12.5. The molecule has 0 radical (unpaired) electrons. The molecule has 2 aromatic rings. The van der Waals surface area contributed by atoms with Gasteiger partial charge in [0.2, 0.25) is 0 Å². The Morgan fingerprint density at radius 2 is 1.43 bits per heavy atom. The minimum absolute atomic E-state index is 0.612. The number of benzene rings is 2. The highest BCUT2D eigenvalue weighted by atomic mass is 28.3. The van der Waals surface area contributed by atoms with Gasteiger partial charge in [0.25, 0.3) is 0 Å². The lowest BCUT2D eigenvalue weighted by molar-refractivity contribution is -0.137. The quantitative estimate of drug-likeness (QED) is 0.709. The van der Waals surface area contributed by atoms with Gasteiger partial charge in [-0.3, -0.25) is 0 Å². The fraction of sp³-hybridized carbons (Fsp3) is 0.176. The minimum atomic E-state index is -4.28. The summed E-state index contributed by atoms with van der Waals surface area (Å²) in [5, 5.41) is 1.30. The molecule has 0 fully saturated rings. The second kappa shape index (κ2) is 5.90. The molecule has 0 N–H and O–H groups in total. The first-order valence-corrected chi connectivity index (χ1v) is 9.79. The SMILES string of the molecule is C[Si](C)(/C=C\c1ccc(C(F)(F)F)cc1)c1ccccc1. The zero-order valence-electron chi connectivity index (χ0n) is 12.0. The highest BCUT2D eigenvalue weighted by Gasteiger charge is 2.29. The molecule has 0 spiro atoms. The van der Waals surface area contributed by atoms with E-state index in [2.05, 4.69) is 30.9 Å². The predicted molar refractivity (Wildman–Crippen MR) is 84.0 cm³/mol. The summed E-state index contributed by atoms with van der Waals surface area (Å²) in [6.07, 6.45) is -2.36. The normalized spacial score (nSPS) is 12.8. The van der Waals surface area contributed by atoms with Gasteiger partial charge in [0, 0.05) is 0 Å². The number of halogens is 3. The molecule has 21 heavy (non-hydrogen) atoms. The average Bonchev–Trinajstić information content (AvgIpc) is 2.46. The molecule has 0 amide bonds. The summed E-state index contributed by atoms with van der Waals surface area (Å²) in [6, 6.07) is 15.5. The van der Waals surface area contributed by atoms with Gasteiger partial charge in [0.1, 0.15) is 8.07 Å². The molecule has 0 aliphatic carbocycles. The van der Waals surface area contributed by atoms with E-state index in [1.165, 1.54) is 17.3 Å². The zero-order chi connectivity index (χ0) is 15.5. The second-order valence-electron chi connectivity index (χ2n) is 5.54. The van der Waals surface area contributed by atoms with Crippen LogP contribution in [-0.4, -0.2) is 8.07 Å². The Kier molecular flexibility index (Phi) is 4.37. The third-order valence-corrected chi connectivity index (χ3v) is 6.27. The van der Waals surface area contributed by atoms with Gasteiger partial charge in [0.15, 0.2) is 0 Å². The van der Waals surface area contributed by atoms with Crippen LogP contribution in [0.5, 0.6) is 0 Å². The van der Waals surface area contributed by atoms with Crippen LogP contribution in [0.2, 0.25) is 13.1 Å². The molecule has 0 atom stereocenters. The average molecular weight is 306 g/mol. The third kappa shape index (κ3) is 4.08. The molecule has 0 aliphatic rings. The Labute approximate surface area is 124 Å². The van der Waals surface area contributed by atoms with Crippen LogP contribution >= 0.6 is 0 Å². The Morgan fingerprint density at radius 3 is 1.95 bits per heavy atom. The number of rotatable bonds is 3. The van der Waals surface area contributed by atoms with Crippen molar-refractivity contribution in [2.24, 2.45) is 0 Å². The van der Waals surface area contributed by atoms with Crippen LogP contribution in [0.15, 0.2) is 60.3 Å². The summed E-state index contributed by atoms with van der Waals surface area (Å²) in [7, 11) is -1.72. The third-order valence-electron chi connectivity index (χ3n) is 3.45. The van der Waals surface area contributed by atoms with E-state index in [1.807, 2.05) is 24.3 Å². The molecule has 4 heteroatoms. The first-order chi connectivity index (χ1) is 9.79. The van der Waals surface area contributed by atoms with E-state index in [9.17, 15) is 13.2 Å². The Bertz CT molecular complexity index is 611. The molecule has 0 unspecified atom stereocenters.